The van der Waals surface area contributed by atoms with Crippen LogP contribution in [-0.4, -0.2) is 24.5 Å². The Morgan fingerprint density at radius 1 is 1.15 bits per heavy atom. The number of hydrogen-bond acceptors (Lipinski definition) is 3. The van der Waals surface area contributed by atoms with Crippen LogP contribution in [0.15, 0.2) is 36.4 Å². The van der Waals surface area contributed by atoms with Crippen LogP contribution in [-0.2, 0) is 11.0 Å². The lowest BCUT2D eigenvalue weighted by Crippen LogP contribution is -2.20. The van der Waals surface area contributed by atoms with Gasteiger partial charge in [-0.1, -0.05) is 27.5 Å². The molecule has 146 valence electrons. The van der Waals surface area contributed by atoms with E-state index in [1.54, 1.807) is 18.2 Å². The monoisotopic (exact) mass is 465 g/mol. The van der Waals surface area contributed by atoms with Gasteiger partial charge in [0.2, 0.25) is 0 Å². The molecule has 2 aromatic carbocycles. The maximum atomic E-state index is 12.6. The Labute approximate surface area is 167 Å². The molecule has 0 atom stereocenters. The molecule has 2 rings (SSSR count). The highest BCUT2D eigenvalue weighted by Crippen LogP contribution is 2.34. The van der Waals surface area contributed by atoms with Crippen molar-refractivity contribution in [3.05, 3.63) is 52.5 Å². The molecule has 2 aromatic rings. The van der Waals surface area contributed by atoms with Crippen molar-refractivity contribution in [3.63, 3.8) is 0 Å². The minimum Gasteiger partial charge on any atom is -0.492 e. The molecular weight excluding hydrogens is 451 g/mol. The number of hydrogen-bond donors (Lipinski definition) is 1. The summed E-state index contributed by atoms with van der Waals surface area (Å²) in [5.41, 5.74) is 0.508. The quantitative estimate of drug-likeness (QED) is 0.551. The fourth-order valence-electron chi connectivity index (χ4n) is 2.17. The van der Waals surface area contributed by atoms with E-state index >= 15 is 0 Å². The number of halogens is 5. The zero-order valence-electron chi connectivity index (χ0n) is 14.2. The van der Waals surface area contributed by atoms with Crippen molar-refractivity contribution in [2.75, 3.05) is 23.9 Å². The topological polar surface area (TPSA) is 47.6 Å². The molecule has 9 heteroatoms. The van der Waals surface area contributed by atoms with E-state index < -0.39 is 24.3 Å². The summed E-state index contributed by atoms with van der Waals surface area (Å²) in [6.07, 6.45) is -4.50. The number of alkyl halides is 4. The first-order valence-corrected chi connectivity index (χ1v) is 9.29. The largest absolute Gasteiger partial charge is 0.492 e. The van der Waals surface area contributed by atoms with Crippen molar-refractivity contribution in [1.82, 2.24) is 0 Å². The van der Waals surface area contributed by atoms with Crippen molar-refractivity contribution < 1.29 is 27.4 Å². The third kappa shape index (κ3) is 6.32. The number of amides is 1. The smallest absolute Gasteiger partial charge is 0.416 e. The molecule has 0 aliphatic rings. The van der Waals surface area contributed by atoms with Gasteiger partial charge in [-0.15, -0.1) is 0 Å². The van der Waals surface area contributed by atoms with Crippen molar-refractivity contribution in [2.24, 2.45) is 0 Å². The van der Waals surface area contributed by atoms with E-state index in [2.05, 4.69) is 21.2 Å². The summed E-state index contributed by atoms with van der Waals surface area (Å²) in [4.78, 5) is 12.0. The zero-order valence-corrected chi connectivity index (χ0v) is 16.5. The van der Waals surface area contributed by atoms with Crippen LogP contribution in [0.5, 0.6) is 11.5 Å². The van der Waals surface area contributed by atoms with Gasteiger partial charge in [-0.25, -0.2) is 0 Å². The summed E-state index contributed by atoms with van der Waals surface area (Å²) in [7, 11) is 0. The van der Waals surface area contributed by atoms with Gasteiger partial charge in [0, 0.05) is 11.0 Å². The van der Waals surface area contributed by atoms with Gasteiger partial charge < -0.3 is 14.8 Å². The summed E-state index contributed by atoms with van der Waals surface area (Å²) in [6, 6.07) is 7.84. The Morgan fingerprint density at radius 3 is 2.44 bits per heavy atom. The Balaban J connectivity index is 1.94. The van der Waals surface area contributed by atoms with Crippen molar-refractivity contribution >= 4 is 39.1 Å². The summed E-state index contributed by atoms with van der Waals surface area (Å²) >= 11 is 9.06. The SMILES string of the molecule is Cc1cc(NC(=O)COc2ccc(C(F)(F)F)cc2Cl)ccc1OCCBr. The van der Waals surface area contributed by atoms with Crippen LogP contribution in [0.25, 0.3) is 0 Å². The standard InChI is InChI=1S/C18H16BrClF3NO3/c1-11-8-13(3-5-15(11)26-7-6-19)24-17(25)10-27-16-4-2-12(9-14(16)20)18(21,22)23/h2-5,8-9H,6-7,10H2,1H3,(H,24,25). The maximum absolute atomic E-state index is 12.6. The number of rotatable bonds is 7. The first-order chi connectivity index (χ1) is 12.7. The molecule has 1 amide bonds. The lowest BCUT2D eigenvalue weighted by atomic mass is 10.2. The van der Waals surface area contributed by atoms with Crippen LogP contribution >= 0.6 is 27.5 Å². The fourth-order valence-corrected chi connectivity index (χ4v) is 2.57. The van der Waals surface area contributed by atoms with Gasteiger partial charge >= 0.3 is 6.18 Å². The second-order valence-electron chi connectivity index (χ2n) is 5.50. The Morgan fingerprint density at radius 2 is 1.85 bits per heavy atom. The van der Waals surface area contributed by atoms with Crippen LogP contribution < -0.4 is 14.8 Å². The van der Waals surface area contributed by atoms with Crippen LogP contribution in [0.4, 0.5) is 18.9 Å². The van der Waals surface area contributed by atoms with Gasteiger partial charge in [0.1, 0.15) is 11.5 Å². The van der Waals surface area contributed by atoms with E-state index in [0.717, 1.165) is 23.8 Å². The predicted molar refractivity (Wildman–Crippen MR) is 101 cm³/mol. The average Bonchev–Trinajstić information content (AvgIpc) is 2.59. The number of nitrogens with one attached hydrogen (secondary N) is 1. The van der Waals surface area contributed by atoms with Crippen LogP contribution in [0.2, 0.25) is 5.02 Å². The first kappa shape index (κ1) is 21.4. The number of aryl methyl sites for hydroxylation is 1. The first-order valence-electron chi connectivity index (χ1n) is 7.79. The van der Waals surface area contributed by atoms with Crippen LogP contribution in [0.1, 0.15) is 11.1 Å². The molecule has 0 spiro atoms. The van der Waals surface area contributed by atoms with Gasteiger partial charge in [-0.3, -0.25) is 4.79 Å². The molecule has 0 bridgehead atoms. The van der Waals surface area contributed by atoms with Crippen LogP contribution in [0, 0.1) is 6.92 Å². The number of ether oxygens (including phenoxy) is 2. The molecule has 0 unspecified atom stereocenters. The highest BCUT2D eigenvalue weighted by molar-refractivity contribution is 9.09. The number of carbonyl (C=O) groups excluding carboxylic acids is 1. The molecule has 4 nitrogen and oxygen atoms in total. The van der Waals surface area contributed by atoms with E-state index in [0.29, 0.717) is 23.4 Å². The molecule has 0 radical (unpaired) electrons. The third-order valence-electron chi connectivity index (χ3n) is 3.41. The minimum absolute atomic E-state index is 0.00508. The molecule has 0 fully saturated rings. The number of benzene rings is 2. The fraction of sp³-hybridized carbons (Fsp3) is 0.278. The highest BCUT2D eigenvalue weighted by Gasteiger charge is 2.31. The normalized spacial score (nSPS) is 11.2. The zero-order chi connectivity index (χ0) is 20.0. The molecule has 0 aliphatic carbocycles. The van der Waals surface area contributed by atoms with E-state index in [4.69, 9.17) is 21.1 Å². The van der Waals surface area contributed by atoms with Crippen molar-refractivity contribution in [2.45, 2.75) is 13.1 Å². The molecule has 0 aromatic heterocycles. The van der Waals surface area contributed by atoms with E-state index in [9.17, 15) is 18.0 Å². The molecule has 1 N–H and O–H groups in total. The van der Waals surface area contributed by atoms with E-state index in [1.165, 1.54) is 0 Å². The number of carbonyl (C=O) groups is 1. The molecule has 0 aliphatic heterocycles. The van der Waals surface area contributed by atoms with Gasteiger partial charge in [0.15, 0.2) is 6.61 Å². The molecular formula is C18H16BrClF3NO3. The summed E-state index contributed by atoms with van der Waals surface area (Å²) in [5.74, 6) is 0.231. The van der Waals surface area contributed by atoms with E-state index in [1.807, 2.05) is 6.92 Å². The van der Waals surface area contributed by atoms with Crippen molar-refractivity contribution in [1.29, 1.82) is 0 Å². The lowest BCUT2D eigenvalue weighted by molar-refractivity contribution is -0.137. The Hall–Kier alpha value is -1.93. The maximum Gasteiger partial charge on any atom is 0.416 e. The average molecular weight is 467 g/mol. The Kier molecular flexibility index (Phi) is 7.38. The molecule has 0 heterocycles. The summed E-state index contributed by atoms with van der Waals surface area (Å²) < 4.78 is 48.6. The molecule has 27 heavy (non-hydrogen) atoms. The number of anilines is 1. The third-order valence-corrected chi connectivity index (χ3v) is 4.03. The van der Waals surface area contributed by atoms with Gasteiger partial charge in [0.25, 0.3) is 5.91 Å². The van der Waals surface area contributed by atoms with Crippen LogP contribution in [0.3, 0.4) is 0 Å². The minimum atomic E-state index is -4.50. The summed E-state index contributed by atoms with van der Waals surface area (Å²) in [5, 5.41) is 3.12. The predicted octanol–water partition coefficient (Wildman–Crippen LogP) is 5.46. The molecule has 0 saturated carbocycles. The van der Waals surface area contributed by atoms with Gasteiger partial charge in [-0.2, -0.15) is 13.2 Å². The second-order valence-corrected chi connectivity index (χ2v) is 6.70. The van der Waals surface area contributed by atoms with Gasteiger partial charge in [-0.05, 0) is 48.9 Å². The van der Waals surface area contributed by atoms with Gasteiger partial charge in [0.05, 0.1) is 17.2 Å². The highest BCUT2D eigenvalue weighted by atomic mass is 79.9. The second kappa shape index (κ2) is 9.32. The summed E-state index contributed by atoms with van der Waals surface area (Å²) in [6.45, 7) is 1.97. The lowest BCUT2D eigenvalue weighted by Gasteiger charge is -2.12. The molecule has 0 saturated heterocycles. The van der Waals surface area contributed by atoms with Crippen molar-refractivity contribution in [3.8, 4) is 11.5 Å². The Bertz CT molecular complexity index is 815. The van der Waals surface area contributed by atoms with E-state index in [-0.39, 0.29) is 10.8 Å².